The number of nitrogens with zero attached hydrogens (tertiary/aromatic N) is 1. The lowest BCUT2D eigenvalue weighted by Gasteiger charge is -2.21. The molecule has 0 unspecified atom stereocenters. The Balaban J connectivity index is 2.99. The highest BCUT2D eigenvalue weighted by Gasteiger charge is 2.16. The number of thiol groups is 1. The summed E-state index contributed by atoms with van der Waals surface area (Å²) in [7, 11) is 0. The lowest BCUT2D eigenvalue weighted by Crippen LogP contribution is -2.34. The highest BCUT2D eigenvalue weighted by Crippen LogP contribution is 2.16. The van der Waals surface area contributed by atoms with Crippen molar-refractivity contribution in [1.29, 1.82) is 0 Å². The van der Waals surface area contributed by atoms with Gasteiger partial charge in [-0.05, 0) is 24.6 Å². The van der Waals surface area contributed by atoms with E-state index in [9.17, 15) is 4.79 Å². The van der Waals surface area contributed by atoms with E-state index in [1.807, 2.05) is 19.1 Å². The van der Waals surface area contributed by atoms with Crippen LogP contribution in [-0.4, -0.2) is 35.6 Å². The Kier molecular flexibility index (Phi) is 5.25. The summed E-state index contributed by atoms with van der Waals surface area (Å²) in [5, 5.41) is 8.94. The van der Waals surface area contributed by atoms with Crippen LogP contribution in [0.3, 0.4) is 0 Å². The summed E-state index contributed by atoms with van der Waals surface area (Å²) in [6, 6.07) is 5.45. The average molecular weight is 251 g/mol. The van der Waals surface area contributed by atoms with Crippen molar-refractivity contribution in [1.82, 2.24) is 4.90 Å². The third-order valence-electron chi connectivity index (χ3n) is 2.46. The van der Waals surface area contributed by atoms with Crippen LogP contribution < -0.4 is 0 Å². The van der Waals surface area contributed by atoms with Crippen LogP contribution in [0.25, 0.3) is 0 Å². The van der Waals surface area contributed by atoms with E-state index in [1.165, 1.54) is 0 Å². The molecule has 17 heavy (non-hydrogen) atoms. The fraction of sp³-hybridized carbons (Fsp3) is 0.308. The Morgan fingerprint density at radius 3 is 2.88 bits per heavy atom. The molecule has 1 N–H and O–H groups in total. The lowest BCUT2D eigenvalue weighted by molar-refractivity contribution is 0.0742. The van der Waals surface area contributed by atoms with E-state index >= 15 is 0 Å². The van der Waals surface area contributed by atoms with Gasteiger partial charge in [0.1, 0.15) is 0 Å². The van der Waals surface area contributed by atoms with Crippen LogP contribution in [0.5, 0.6) is 0 Å². The molecule has 3 nitrogen and oxygen atoms in total. The summed E-state index contributed by atoms with van der Waals surface area (Å²) < 4.78 is 0. The van der Waals surface area contributed by atoms with Crippen LogP contribution in [0.2, 0.25) is 0 Å². The molecule has 0 spiro atoms. The quantitative estimate of drug-likeness (QED) is 0.620. The molecule has 92 valence electrons. The van der Waals surface area contributed by atoms with Gasteiger partial charge in [-0.1, -0.05) is 12.1 Å². The van der Waals surface area contributed by atoms with Gasteiger partial charge in [0.15, 0.2) is 0 Å². The topological polar surface area (TPSA) is 40.5 Å². The molecule has 0 aromatic heterocycles. The molecule has 0 bridgehead atoms. The molecule has 0 aliphatic carbocycles. The van der Waals surface area contributed by atoms with Gasteiger partial charge in [0.25, 0.3) is 5.91 Å². The van der Waals surface area contributed by atoms with E-state index in [-0.39, 0.29) is 12.5 Å². The molecule has 0 fully saturated rings. The molecule has 1 aromatic rings. The van der Waals surface area contributed by atoms with Gasteiger partial charge < -0.3 is 10.0 Å². The number of amides is 1. The smallest absolute Gasteiger partial charge is 0.254 e. The van der Waals surface area contributed by atoms with Crippen molar-refractivity contribution in [3.8, 4) is 0 Å². The second kappa shape index (κ2) is 6.47. The van der Waals surface area contributed by atoms with Crippen molar-refractivity contribution in [2.75, 3.05) is 19.7 Å². The number of benzene rings is 1. The molecule has 0 radical (unpaired) electrons. The van der Waals surface area contributed by atoms with E-state index in [1.54, 1.807) is 17.0 Å². The molecule has 0 heterocycles. The minimum atomic E-state index is -0.104. The van der Waals surface area contributed by atoms with Crippen LogP contribution in [0, 0.1) is 6.92 Å². The number of carbonyl (C=O) groups is 1. The van der Waals surface area contributed by atoms with E-state index in [0.29, 0.717) is 18.7 Å². The van der Waals surface area contributed by atoms with E-state index in [0.717, 1.165) is 10.5 Å². The maximum atomic E-state index is 12.2. The molecule has 1 aromatic carbocycles. The number of rotatable bonds is 5. The third kappa shape index (κ3) is 3.61. The summed E-state index contributed by atoms with van der Waals surface area (Å²) in [6.07, 6.45) is 1.65. The van der Waals surface area contributed by atoms with Crippen molar-refractivity contribution >= 4 is 18.5 Å². The maximum Gasteiger partial charge on any atom is 0.254 e. The van der Waals surface area contributed by atoms with Crippen LogP contribution in [0.4, 0.5) is 0 Å². The number of hydrogen-bond acceptors (Lipinski definition) is 3. The van der Waals surface area contributed by atoms with Crippen LogP contribution in [-0.2, 0) is 0 Å². The molecular formula is C13H17NO2S. The second-order valence-electron chi connectivity index (χ2n) is 3.76. The van der Waals surface area contributed by atoms with Gasteiger partial charge in [0.05, 0.1) is 6.61 Å². The first kappa shape index (κ1) is 13.8. The Morgan fingerprint density at radius 1 is 1.59 bits per heavy atom. The van der Waals surface area contributed by atoms with E-state index in [4.69, 9.17) is 5.11 Å². The zero-order chi connectivity index (χ0) is 12.8. The van der Waals surface area contributed by atoms with Gasteiger partial charge in [-0.2, -0.15) is 0 Å². The molecule has 0 atom stereocenters. The molecule has 4 heteroatoms. The third-order valence-corrected chi connectivity index (χ3v) is 2.74. The van der Waals surface area contributed by atoms with Gasteiger partial charge >= 0.3 is 0 Å². The summed E-state index contributed by atoms with van der Waals surface area (Å²) in [5.41, 5.74) is 1.52. The second-order valence-corrected chi connectivity index (χ2v) is 4.28. The molecule has 0 saturated heterocycles. The highest BCUT2D eigenvalue weighted by atomic mass is 32.1. The number of aryl methyl sites for hydroxylation is 1. The normalized spacial score (nSPS) is 10.1. The Morgan fingerprint density at radius 2 is 2.29 bits per heavy atom. The predicted molar refractivity (Wildman–Crippen MR) is 71.6 cm³/mol. The van der Waals surface area contributed by atoms with Gasteiger partial charge in [0.2, 0.25) is 0 Å². The zero-order valence-corrected chi connectivity index (χ0v) is 10.8. The minimum absolute atomic E-state index is 0.0564. The van der Waals surface area contributed by atoms with Crippen molar-refractivity contribution in [2.24, 2.45) is 0 Å². The summed E-state index contributed by atoms with van der Waals surface area (Å²) in [6.45, 7) is 6.17. The van der Waals surface area contributed by atoms with Gasteiger partial charge in [-0.15, -0.1) is 19.2 Å². The van der Waals surface area contributed by atoms with E-state index < -0.39 is 0 Å². The van der Waals surface area contributed by atoms with Crippen molar-refractivity contribution in [3.63, 3.8) is 0 Å². The fourth-order valence-corrected chi connectivity index (χ4v) is 1.77. The molecule has 0 aliphatic rings. The van der Waals surface area contributed by atoms with Gasteiger partial charge in [-0.3, -0.25) is 4.79 Å². The Bertz CT molecular complexity index is 418. The highest BCUT2D eigenvalue weighted by molar-refractivity contribution is 7.80. The van der Waals surface area contributed by atoms with Gasteiger partial charge in [-0.25, -0.2) is 0 Å². The first-order valence-corrected chi connectivity index (χ1v) is 5.85. The largest absolute Gasteiger partial charge is 0.395 e. The monoisotopic (exact) mass is 251 g/mol. The fourth-order valence-electron chi connectivity index (χ4n) is 1.56. The van der Waals surface area contributed by atoms with Crippen molar-refractivity contribution in [3.05, 3.63) is 42.0 Å². The molecule has 1 rings (SSSR count). The number of hydrogen-bond donors (Lipinski definition) is 2. The minimum Gasteiger partial charge on any atom is -0.395 e. The maximum absolute atomic E-state index is 12.2. The predicted octanol–water partition coefficient (Wildman–Crippen LogP) is 1.90. The summed E-state index contributed by atoms with van der Waals surface area (Å²) in [4.78, 5) is 14.5. The molecule has 0 saturated carbocycles. The standard InChI is InChI=1S/C13H17NO2S/c1-3-6-14(7-8-15)13(16)12-9-11(17)5-4-10(12)2/h3-5,9,15,17H,1,6-8H2,2H3. The van der Waals surface area contributed by atoms with Gasteiger partial charge in [0, 0.05) is 23.5 Å². The lowest BCUT2D eigenvalue weighted by atomic mass is 10.1. The van der Waals surface area contributed by atoms with E-state index in [2.05, 4.69) is 19.2 Å². The number of carbonyl (C=O) groups excluding carboxylic acids is 1. The Labute approximate surface area is 107 Å². The van der Waals surface area contributed by atoms with Crippen LogP contribution in [0.1, 0.15) is 15.9 Å². The average Bonchev–Trinajstić information content (AvgIpc) is 2.31. The van der Waals surface area contributed by atoms with Crippen LogP contribution in [0.15, 0.2) is 35.7 Å². The molecule has 0 aliphatic heterocycles. The summed E-state index contributed by atoms with van der Waals surface area (Å²) >= 11 is 4.23. The van der Waals surface area contributed by atoms with Crippen LogP contribution >= 0.6 is 12.6 Å². The SMILES string of the molecule is C=CCN(CCO)C(=O)c1cc(S)ccc1C. The first-order valence-electron chi connectivity index (χ1n) is 5.40. The zero-order valence-electron chi connectivity index (χ0n) is 9.89. The molecule has 1 amide bonds. The molecular weight excluding hydrogens is 234 g/mol. The first-order chi connectivity index (χ1) is 8.10. The van der Waals surface area contributed by atoms with Crippen molar-refractivity contribution < 1.29 is 9.90 Å². The Hall–Kier alpha value is -1.26. The summed E-state index contributed by atoms with van der Waals surface area (Å²) in [5.74, 6) is -0.104. The number of aliphatic hydroxyl groups excluding tert-OH is 1. The van der Waals surface area contributed by atoms with Crippen molar-refractivity contribution in [2.45, 2.75) is 11.8 Å². The number of aliphatic hydroxyl groups is 1.